The lowest BCUT2D eigenvalue weighted by Gasteiger charge is -2.25. The monoisotopic (exact) mass is 316 g/mol. The second kappa shape index (κ2) is 6.57. The van der Waals surface area contributed by atoms with Gasteiger partial charge in [0, 0.05) is 17.9 Å². The topological polar surface area (TPSA) is 52.6 Å². The first-order valence-electron chi connectivity index (χ1n) is 7.79. The van der Waals surface area contributed by atoms with Crippen LogP contribution in [0.3, 0.4) is 0 Å². The smallest absolute Gasteiger partial charge is 0.333 e. The summed E-state index contributed by atoms with van der Waals surface area (Å²) in [6.07, 6.45) is 1.34. The highest BCUT2D eigenvalue weighted by Crippen LogP contribution is 2.30. The predicted molar refractivity (Wildman–Crippen MR) is 88.5 cm³/mol. The summed E-state index contributed by atoms with van der Waals surface area (Å²) in [5.41, 5.74) is 1.93. The summed E-state index contributed by atoms with van der Waals surface area (Å²) in [7, 11) is 1.62. The lowest BCUT2D eigenvalue weighted by Crippen LogP contribution is -2.29. The fourth-order valence-corrected chi connectivity index (χ4v) is 2.72. The number of hydrogen-bond donors (Lipinski definition) is 0. The van der Waals surface area contributed by atoms with Crippen LogP contribution in [0.25, 0.3) is 0 Å². The molecule has 124 valence electrons. The van der Waals surface area contributed by atoms with Gasteiger partial charge in [-0.05, 0) is 56.9 Å². The van der Waals surface area contributed by atoms with Crippen LogP contribution in [0.4, 0.5) is 0 Å². The quantitative estimate of drug-likeness (QED) is 0.632. The molecule has 0 heterocycles. The number of carbonyl (C=O) groups is 2. The lowest BCUT2D eigenvalue weighted by atomic mass is 9.80. The van der Waals surface area contributed by atoms with Crippen LogP contribution in [0.15, 0.2) is 30.4 Å². The van der Waals surface area contributed by atoms with E-state index < -0.39 is 11.6 Å². The number of carbonyl (C=O) groups excluding carboxylic acids is 2. The minimum atomic E-state index is -0.559. The van der Waals surface area contributed by atoms with Gasteiger partial charge in [-0.1, -0.05) is 12.6 Å². The fraction of sp³-hybridized carbons (Fsp3) is 0.474. The summed E-state index contributed by atoms with van der Waals surface area (Å²) in [6.45, 7) is 9.24. The molecule has 2 rings (SSSR count). The Morgan fingerprint density at radius 3 is 2.61 bits per heavy atom. The van der Waals surface area contributed by atoms with Gasteiger partial charge in [0.1, 0.15) is 17.1 Å². The third kappa shape index (κ3) is 4.44. The zero-order valence-electron chi connectivity index (χ0n) is 14.3. The molecule has 0 saturated heterocycles. The Bertz CT molecular complexity index is 637. The number of ketones is 1. The zero-order valence-corrected chi connectivity index (χ0v) is 14.3. The van der Waals surface area contributed by atoms with Gasteiger partial charge in [-0.3, -0.25) is 4.79 Å². The summed E-state index contributed by atoms with van der Waals surface area (Å²) >= 11 is 0. The van der Waals surface area contributed by atoms with Crippen molar-refractivity contribution in [3.05, 3.63) is 41.5 Å². The molecule has 4 nitrogen and oxygen atoms in total. The van der Waals surface area contributed by atoms with E-state index in [0.717, 1.165) is 16.9 Å². The van der Waals surface area contributed by atoms with Crippen molar-refractivity contribution in [2.45, 2.75) is 45.6 Å². The molecule has 0 aromatic heterocycles. The van der Waals surface area contributed by atoms with Crippen LogP contribution in [-0.2, 0) is 27.2 Å². The molecule has 23 heavy (non-hydrogen) atoms. The van der Waals surface area contributed by atoms with Crippen molar-refractivity contribution < 1.29 is 19.1 Å². The Morgan fingerprint density at radius 1 is 1.30 bits per heavy atom. The molecule has 1 atom stereocenters. The van der Waals surface area contributed by atoms with Gasteiger partial charge in [0.05, 0.1) is 7.11 Å². The van der Waals surface area contributed by atoms with Crippen molar-refractivity contribution in [2.75, 3.05) is 7.11 Å². The maximum atomic E-state index is 12.3. The average molecular weight is 316 g/mol. The molecule has 1 aliphatic carbocycles. The molecule has 0 spiro atoms. The van der Waals surface area contributed by atoms with E-state index in [1.165, 1.54) is 0 Å². The van der Waals surface area contributed by atoms with Gasteiger partial charge in [-0.15, -0.1) is 0 Å². The molecule has 1 aromatic carbocycles. The van der Waals surface area contributed by atoms with Crippen LogP contribution < -0.4 is 4.74 Å². The van der Waals surface area contributed by atoms with Crippen LogP contribution in [0, 0.1) is 5.92 Å². The lowest BCUT2D eigenvalue weighted by molar-refractivity contribution is -0.150. The Labute approximate surface area is 137 Å². The Kier molecular flexibility index (Phi) is 4.93. The maximum Gasteiger partial charge on any atom is 0.333 e. The first kappa shape index (κ1) is 17.3. The molecule has 0 radical (unpaired) electrons. The molecule has 0 saturated carbocycles. The minimum absolute atomic E-state index is 0.146. The highest BCUT2D eigenvalue weighted by atomic mass is 16.6. The van der Waals surface area contributed by atoms with Crippen molar-refractivity contribution >= 4 is 11.8 Å². The van der Waals surface area contributed by atoms with Crippen LogP contribution in [-0.4, -0.2) is 24.5 Å². The van der Waals surface area contributed by atoms with Gasteiger partial charge in [0.15, 0.2) is 0 Å². The van der Waals surface area contributed by atoms with E-state index in [2.05, 4.69) is 6.58 Å². The van der Waals surface area contributed by atoms with Crippen LogP contribution in [0.5, 0.6) is 5.75 Å². The first-order chi connectivity index (χ1) is 10.7. The number of hydrogen-bond acceptors (Lipinski definition) is 4. The standard InChI is InChI=1S/C19H24O4/c1-12(18(21)23-19(2,3)4)8-15-9-14-10-16(22-5)7-6-13(14)11-17(15)20/h6-7,10,15H,1,8-9,11H2,2-5H3. The van der Waals surface area contributed by atoms with E-state index in [9.17, 15) is 9.59 Å². The number of esters is 1. The van der Waals surface area contributed by atoms with E-state index in [1.807, 2.05) is 39.0 Å². The predicted octanol–water partition coefficient (Wildman–Crippen LogP) is 3.27. The Balaban J connectivity index is 2.07. The van der Waals surface area contributed by atoms with Gasteiger partial charge in [0.2, 0.25) is 0 Å². The van der Waals surface area contributed by atoms with Crippen molar-refractivity contribution in [1.82, 2.24) is 0 Å². The third-order valence-electron chi connectivity index (χ3n) is 3.88. The Morgan fingerprint density at radius 2 is 2.00 bits per heavy atom. The molecule has 1 unspecified atom stereocenters. The highest BCUT2D eigenvalue weighted by molar-refractivity contribution is 5.91. The zero-order chi connectivity index (χ0) is 17.2. The number of rotatable bonds is 4. The van der Waals surface area contributed by atoms with Crippen LogP contribution in [0.2, 0.25) is 0 Å². The molecule has 1 aliphatic rings. The molecule has 0 fully saturated rings. The summed E-state index contributed by atoms with van der Waals surface area (Å²) in [4.78, 5) is 24.4. The minimum Gasteiger partial charge on any atom is -0.497 e. The van der Waals surface area contributed by atoms with Crippen molar-refractivity contribution in [1.29, 1.82) is 0 Å². The van der Waals surface area contributed by atoms with Crippen LogP contribution >= 0.6 is 0 Å². The highest BCUT2D eigenvalue weighted by Gasteiger charge is 2.29. The van der Waals surface area contributed by atoms with Gasteiger partial charge in [-0.25, -0.2) is 4.79 Å². The summed E-state index contributed by atoms with van der Waals surface area (Å²) in [5, 5.41) is 0. The molecule has 4 heteroatoms. The normalized spacial score (nSPS) is 17.4. The second-order valence-corrected chi connectivity index (χ2v) is 6.99. The molecule has 0 bridgehead atoms. The van der Waals surface area contributed by atoms with Gasteiger partial charge in [-0.2, -0.15) is 0 Å². The summed E-state index contributed by atoms with van der Waals surface area (Å²) < 4.78 is 10.6. The summed E-state index contributed by atoms with van der Waals surface area (Å²) in [5.74, 6) is 0.270. The van der Waals surface area contributed by atoms with E-state index in [0.29, 0.717) is 24.8 Å². The Hall–Kier alpha value is -2.10. The molecular weight excluding hydrogens is 292 g/mol. The van der Waals surface area contributed by atoms with E-state index in [1.54, 1.807) is 7.11 Å². The maximum absolute atomic E-state index is 12.3. The molecule has 0 N–H and O–H groups in total. The van der Waals surface area contributed by atoms with Gasteiger partial charge >= 0.3 is 5.97 Å². The van der Waals surface area contributed by atoms with E-state index in [4.69, 9.17) is 9.47 Å². The molecular formula is C19H24O4. The number of Topliss-reactive ketones (excluding diaryl/α,β-unsaturated/α-hetero) is 1. The third-order valence-corrected chi connectivity index (χ3v) is 3.88. The van der Waals surface area contributed by atoms with Gasteiger partial charge in [0.25, 0.3) is 0 Å². The number of fused-ring (bicyclic) bond motifs is 1. The SMILES string of the molecule is C=C(CC1Cc2cc(OC)ccc2CC1=O)C(=O)OC(C)(C)C. The summed E-state index contributed by atoms with van der Waals surface area (Å²) in [6, 6.07) is 5.77. The van der Waals surface area contributed by atoms with E-state index in [-0.39, 0.29) is 11.7 Å². The number of ether oxygens (including phenoxy) is 2. The number of benzene rings is 1. The fourth-order valence-electron chi connectivity index (χ4n) is 2.72. The first-order valence-corrected chi connectivity index (χ1v) is 7.79. The average Bonchev–Trinajstić information content (AvgIpc) is 2.45. The van der Waals surface area contributed by atoms with Crippen LogP contribution in [0.1, 0.15) is 38.3 Å². The second-order valence-electron chi connectivity index (χ2n) is 6.99. The van der Waals surface area contributed by atoms with E-state index >= 15 is 0 Å². The largest absolute Gasteiger partial charge is 0.497 e. The molecule has 0 amide bonds. The van der Waals surface area contributed by atoms with Crippen molar-refractivity contribution in [2.24, 2.45) is 5.92 Å². The molecule has 0 aliphatic heterocycles. The molecule has 1 aromatic rings. The van der Waals surface area contributed by atoms with Crippen molar-refractivity contribution in [3.8, 4) is 5.75 Å². The van der Waals surface area contributed by atoms with Crippen molar-refractivity contribution in [3.63, 3.8) is 0 Å². The van der Waals surface area contributed by atoms with Gasteiger partial charge < -0.3 is 9.47 Å². The number of methoxy groups -OCH3 is 1.